The van der Waals surface area contributed by atoms with Crippen molar-refractivity contribution in [3.8, 4) is 0 Å². The largest absolute Gasteiger partial charge is 0.376 e. The van der Waals surface area contributed by atoms with Crippen LogP contribution in [0.5, 0.6) is 0 Å². The highest BCUT2D eigenvalue weighted by Gasteiger charge is 2.30. The van der Waals surface area contributed by atoms with E-state index in [1.54, 1.807) is 48.5 Å². The summed E-state index contributed by atoms with van der Waals surface area (Å²) in [5, 5.41) is 8.09. The summed E-state index contributed by atoms with van der Waals surface area (Å²) in [5.74, 6) is 0.477. The third kappa shape index (κ3) is 5.83. The number of aromatic nitrogens is 3. The quantitative estimate of drug-likeness (QED) is 0.307. The Bertz CT molecular complexity index is 1600. The molecule has 0 spiro atoms. The Morgan fingerprint density at radius 2 is 1.77 bits per heavy atom. The summed E-state index contributed by atoms with van der Waals surface area (Å²) in [6.45, 7) is 4.51. The van der Waals surface area contributed by atoms with Gasteiger partial charge in [0.15, 0.2) is 5.65 Å². The second-order valence-electron chi connectivity index (χ2n) is 9.71. The summed E-state index contributed by atoms with van der Waals surface area (Å²) < 4.78 is 27.8. The highest BCUT2D eigenvalue weighted by Crippen LogP contribution is 2.28. The monoisotopic (exact) mass is 586 g/mol. The number of amides is 1. The summed E-state index contributed by atoms with van der Waals surface area (Å²) in [5.41, 5.74) is 1.93. The Labute approximate surface area is 237 Å². The number of rotatable bonds is 7. The van der Waals surface area contributed by atoms with Gasteiger partial charge in [0.1, 0.15) is 12.1 Å². The number of anilines is 2. The van der Waals surface area contributed by atoms with E-state index >= 15 is 0 Å². The lowest BCUT2D eigenvalue weighted by Crippen LogP contribution is -2.51. The molecule has 2 aromatic carbocycles. The van der Waals surface area contributed by atoms with Crippen molar-refractivity contribution in [2.75, 3.05) is 23.7 Å². The van der Waals surface area contributed by atoms with E-state index in [0.717, 1.165) is 18.4 Å². The number of fused-ring (bicyclic) bond motifs is 1. The average Bonchev–Trinajstić information content (AvgIpc) is 3.34. The number of carbonyl (C=O) groups excluding carboxylic acids is 1. The first-order chi connectivity index (χ1) is 18.6. The first kappa shape index (κ1) is 27.2. The van der Waals surface area contributed by atoms with E-state index in [1.165, 1.54) is 16.5 Å². The third-order valence-electron chi connectivity index (χ3n) is 6.88. The Hall–Kier alpha value is -3.34. The molecule has 1 aliphatic heterocycles. The van der Waals surface area contributed by atoms with Crippen molar-refractivity contribution in [2.24, 2.45) is 0 Å². The fourth-order valence-corrected chi connectivity index (χ4v) is 6.59. The summed E-state index contributed by atoms with van der Waals surface area (Å²) in [7, 11) is -3.83. The van der Waals surface area contributed by atoms with Crippen molar-refractivity contribution in [1.82, 2.24) is 18.8 Å². The second-order valence-corrected chi connectivity index (χ2v) is 12.4. The molecule has 2 unspecified atom stereocenters. The molecule has 4 aromatic rings. The molecule has 204 valence electrons. The van der Waals surface area contributed by atoms with Crippen molar-refractivity contribution in [3.05, 3.63) is 76.7 Å². The van der Waals surface area contributed by atoms with Gasteiger partial charge in [0.2, 0.25) is 5.91 Å². The zero-order valence-electron chi connectivity index (χ0n) is 21.4. The van der Waals surface area contributed by atoms with Gasteiger partial charge in [-0.1, -0.05) is 40.9 Å². The fraction of sp³-hybridized carbons (Fsp3) is 0.296. The fourth-order valence-electron chi connectivity index (χ4n) is 4.76. The van der Waals surface area contributed by atoms with Crippen molar-refractivity contribution in [2.45, 2.75) is 43.7 Å². The Kier molecular flexibility index (Phi) is 7.70. The maximum Gasteiger partial charge on any atom is 0.269 e. The van der Waals surface area contributed by atoms with E-state index < -0.39 is 10.0 Å². The Balaban J connectivity index is 1.31. The van der Waals surface area contributed by atoms with Gasteiger partial charge >= 0.3 is 0 Å². The lowest BCUT2D eigenvalue weighted by molar-refractivity contribution is -0.132. The normalized spacial score (nSPS) is 17.8. The lowest BCUT2D eigenvalue weighted by atomic mass is 9.99. The maximum absolute atomic E-state index is 13.3. The second kappa shape index (κ2) is 11.0. The van der Waals surface area contributed by atoms with Crippen molar-refractivity contribution in [3.63, 3.8) is 0 Å². The van der Waals surface area contributed by atoms with Crippen LogP contribution in [0.15, 0.2) is 66.0 Å². The molecule has 0 radical (unpaired) electrons. The van der Waals surface area contributed by atoms with Gasteiger partial charge in [-0.3, -0.25) is 4.79 Å². The first-order valence-corrected chi connectivity index (χ1v) is 14.7. The smallest absolute Gasteiger partial charge is 0.269 e. The van der Waals surface area contributed by atoms with Crippen LogP contribution in [0.25, 0.3) is 11.0 Å². The van der Waals surface area contributed by atoms with E-state index in [9.17, 15) is 13.2 Å². The molecule has 12 heteroatoms. The first-order valence-electron chi connectivity index (χ1n) is 12.5. The molecule has 0 saturated carbocycles. The summed E-state index contributed by atoms with van der Waals surface area (Å²) in [6.07, 6.45) is 4.48. The number of benzene rings is 2. The number of likely N-dealkylation sites (tertiary alicyclic amines) is 1. The van der Waals surface area contributed by atoms with E-state index in [2.05, 4.69) is 20.6 Å². The van der Waals surface area contributed by atoms with Crippen LogP contribution in [0, 0.1) is 6.92 Å². The van der Waals surface area contributed by atoms with E-state index in [4.69, 9.17) is 23.2 Å². The van der Waals surface area contributed by atoms with Gasteiger partial charge in [-0.05, 0) is 63.1 Å². The van der Waals surface area contributed by atoms with Crippen LogP contribution in [-0.2, 0) is 14.8 Å². The van der Waals surface area contributed by atoms with Crippen molar-refractivity contribution < 1.29 is 13.2 Å². The van der Waals surface area contributed by atoms with Crippen LogP contribution in [0.4, 0.5) is 11.5 Å². The van der Waals surface area contributed by atoms with Crippen LogP contribution in [-0.4, -0.2) is 58.3 Å². The molecule has 1 amide bonds. The minimum Gasteiger partial charge on any atom is -0.376 e. The predicted molar refractivity (Wildman–Crippen MR) is 154 cm³/mol. The highest BCUT2D eigenvalue weighted by atomic mass is 35.5. The number of hydrogen-bond donors (Lipinski definition) is 2. The third-order valence-corrected chi connectivity index (χ3v) is 8.99. The summed E-state index contributed by atoms with van der Waals surface area (Å²) >= 11 is 12.1. The molecule has 1 saturated heterocycles. The Morgan fingerprint density at radius 1 is 1.05 bits per heavy atom. The summed E-state index contributed by atoms with van der Waals surface area (Å²) in [4.78, 5) is 23.8. The number of hydrogen-bond acceptors (Lipinski definition) is 7. The molecule has 0 bridgehead atoms. The van der Waals surface area contributed by atoms with Gasteiger partial charge in [-0.15, -0.1) is 0 Å². The van der Waals surface area contributed by atoms with Crippen molar-refractivity contribution >= 4 is 61.7 Å². The standard InChI is InChI=1S/C27H28Cl2N6O3S/c1-17-3-7-23(8-4-17)39(37,38)35-10-9-24-26(31-16-32-27(24)35)33-21-6-5-18(2)34(15-21)25(36)14-30-22-12-19(28)11-20(29)13-22/h3-4,7-13,16,18,21,30H,5-6,14-15H2,1-2H3,(H,31,32,33). The molecule has 0 aliphatic carbocycles. The topological polar surface area (TPSA) is 109 Å². The Morgan fingerprint density at radius 3 is 2.49 bits per heavy atom. The molecule has 2 atom stereocenters. The van der Waals surface area contributed by atoms with Crippen LogP contribution in [0.1, 0.15) is 25.3 Å². The molecule has 9 nitrogen and oxygen atoms in total. The van der Waals surface area contributed by atoms with Crippen LogP contribution in [0.2, 0.25) is 10.0 Å². The average molecular weight is 588 g/mol. The van der Waals surface area contributed by atoms with Gasteiger partial charge in [0.25, 0.3) is 10.0 Å². The number of carbonyl (C=O) groups is 1. The molecule has 2 N–H and O–H groups in total. The minimum absolute atomic E-state index is 0.0479. The van der Waals surface area contributed by atoms with Crippen LogP contribution in [0.3, 0.4) is 0 Å². The van der Waals surface area contributed by atoms with Gasteiger partial charge in [0, 0.05) is 40.6 Å². The van der Waals surface area contributed by atoms with E-state index in [0.29, 0.717) is 33.5 Å². The highest BCUT2D eigenvalue weighted by molar-refractivity contribution is 7.90. The molecule has 2 aromatic heterocycles. The molecular weight excluding hydrogens is 559 g/mol. The van der Waals surface area contributed by atoms with Crippen LogP contribution < -0.4 is 10.6 Å². The SMILES string of the molecule is Cc1ccc(S(=O)(=O)n2ccc3c(NC4CCC(C)N(C(=O)CNc5cc(Cl)cc(Cl)c5)C4)ncnc32)cc1. The number of piperidine rings is 1. The number of halogens is 2. The number of nitrogens with zero attached hydrogens (tertiary/aromatic N) is 4. The minimum atomic E-state index is -3.83. The zero-order valence-corrected chi connectivity index (χ0v) is 23.8. The number of aryl methyl sites for hydroxylation is 1. The van der Waals surface area contributed by atoms with Crippen LogP contribution >= 0.6 is 23.2 Å². The molecule has 1 aliphatic rings. The molecular formula is C27H28Cl2N6O3S. The molecule has 1 fully saturated rings. The van der Waals surface area contributed by atoms with E-state index in [-0.39, 0.29) is 35.1 Å². The summed E-state index contributed by atoms with van der Waals surface area (Å²) in [6, 6.07) is 13.5. The number of nitrogens with one attached hydrogen (secondary N) is 2. The molecule has 5 rings (SSSR count). The van der Waals surface area contributed by atoms with E-state index in [1.807, 2.05) is 18.7 Å². The van der Waals surface area contributed by atoms with Gasteiger partial charge in [-0.25, -0.2) is 22.4 Å². The van der Waals surface area contributed by atoms with Gasteiger partial charge in [-0.2, -0.15) is 0 Å². The van der Waals surface area contributed by atoms with Crippen molar-refractivity contribution in [1.29, 1.82) is 0 Å². The lowest BCUT2D eigenvalue weighted by Gasteiger charge is -2.38. The van der Waals surface area contributed by atoms with Gasteiger partial charge < -0.3 is 15.5 Å². The molecule has 3 heterocycles. The molecule has 39 heavy (non-hydrogen) atoms. The maximum atomic E-state index is 13.3. The predicted octanol–water partition coefficient (Wildman–Crippen LogP) is 5.19. The van der Waals surface area contributed by atoms with Gasteiger partial charge in [0.05, 0.1) is 16.8 Å². The zero-order chi connectivity index (χ0) is 27.7.